The van der Waals surface area contributed by atoms with Crippen molar-refractivity contribution in [3.05, 3.63) is 34.9 Å². The highest BCUT2D eigenvalue weighted by Gasteiger charge is 1.96. The molecule has 74 valence electrons. The Labute approximate surface area is 87.0 Å². The molecule has 0 aromatic heterocycles. The number of benzene rings is 1. The Morgan fingerprint density at radius 3 is 2.57 bits per heavy atom. The summed E-state index contributed by atoms with van der Waals surface area (Å²) in [6, 6.07) is 6.12. The van der Waals surface area contributed by atoms with E-state index >= 15 is 0 Å². The van der Waals surface area contributed by atoms with Gasteiger partial charge in [0.25, 0.3) is 0 Å². The summed E-state index contributed by atoms with van der Waals surface area (Å²) in [6.07, 6.45) is 1.48. The van der Waals surface area contributed by atoms with Gasteiger partial charge in [0.15, 0.2) is 0 Å². The van der Waals surface area contributed by atoms with Crippen molar-refractivity contribution in [3.63, 3.8) is 0 Å². The van der Waals surface area contributed by atoms with Crippen molar-refractivity contribution in [1.29, 1.82) is 0 Å². The third-order valence-electron chi connectivity index (χ3n) is 1.66. The van der Waals surface area contributed by atoms with E-state index in [2.05, 4.69) is 4.99 Å². The number of rotatable bonds is 3. The maximum Gasteiger partial charge on any atom is 0.0865 e. The second kappa shape index (κ2) is 4.77. The van der Waals surface area contributed by atoms with Gasteiger partial charge < -0.3 is 9.90 Å². The molecule has 0 saturated carbocycles. The van der Waals surface area contributed by atoms with Gasteiger partial charge in [0.05, 0.1) is 12.0 Å². The smallest absolute Gasteiger partial charge is 0.0865 e. The van der Waals surface area contributed by atoms with E-state index in [0.717, 1.165) is 5.56 Å². The quantitative estimate of drug-likeness (QED) is 0.696. The number of aliphatic imine (C=N–C) groups is 1. The Kier molecular flexibility index (Phi) is 3.65. The average Bonchev–Trinajstić information content (AvgIpc) is 2.16. The molecule has 0 aliphatic heterocycles. The summed E-state index contributed by atoms with van der Waals surface area (Å²) in [7, 11) is 0. The highest BCUT2D eigenvalue weighted by Crippen LogP contribution is 2.07. The fourth-order valence-corrected chi connectivity index (χ4v) is 0.934. The molecule has 0 aliphatic carbocycles. The van der Waals surface area contributed by atoms with Crippen LogP contribution in [0.3, 0.4) is 0 Å². The van der Waals surface area contributed by atoms with Crippen LogP contribution < -0.4 is 5.11 Å². The summed E-state index contributed by atoms with van der Waals surface area (Å²) >= 11 is 5.68. The zero-order valence-electron chi connectivity index (χ0n) is 7.61. The van der Waals surface area contributed by atoms with E-state index in [1.165, 1.54) is 13.1 Å². The maximum absolute atomic E-state index is 10.3. The molecule has 1 unspecified atom stereocenters. The van der Waals surface area contributed by atoms with Gasteiger partial charge in [-0.3, -0.25) is 4.99 Å². The normalized spacial score (nSPS) is 13.0. The lowest BCUT2D eigenvalue weighted by molar-refractivity contribution is -0.306. The van der Waals surface area contributed by atoms with Crippen LogP contribution in [0, 0.1) is 0 Å². The zero-order valence-corrected chi connectivity index (χ0v) is 8.36. The van der Waals surface area contributed by atoms with Crippen LogP contribution in [-0.2, 0) is 4.79 Å². The van der Waals surface area contributed by atoms with E-state index < -0.39 is 12.0 Å². The first-order valence-corrected chi connectivity index (χ1v) is 4.47. The van der Waals surface area contributed by atoms with Gasteiger partial charge >= 0.3 is 0 Å². The number of carboxylic acids is 1. The molecule has 14 heavy (non-hydrogen) atoms. The highest BCUT2D eigenvalue weighted by molar-refractivity contribution is 6.30. The molecular weight excluding hydrogens is 202 g/mol. The maximum atomic E-state index is 10.3. The zero-order chi connectivity index (χ0) is 10.6. The highest BCUT2D eigenvalue weighted by atomic mass is 35.5. The number of hydrogen-bond acceptors (Lipinski definition) is 3. The van der Waals surface area contributed by atoms with Crippen LogP contribution in [0.1, 0.15) is 12.5 Å². The molecule has 1 aromatic rings. The van der Waals surface area contributed by atoms with Crippen molar-refractivity contribution in [2.24, 2.45) is 4.99 Å². The van der Waals surface area contributed by atoms with Gasteiger partial charge in [0, 0.05) is 11.2 Å². The summed E-state index contributed by atoms with van der Waals surface area (Å²) in [5.74, 6) is -1.18. The van der Waals surface area contributed by atoms with Gasteiger partial charge in [-0.15, -0.1) is 0 Å². The largest absolute Gasteiger partial charge is 0.548 e. The number of carbonyl (C=O) groups is 1. The van der Waals surface area contributed by atoms with Crippen LogP contribution in [0.2, 0.25) is 5.02 Å². The van der Waals surface area contributed by atoms with E-state index in [0.29, 0.717) is 5.02 Å². The van der Waals surface area contributed by atoms with Gasteiger partial charge in [-0.1, -0.05) is 23.7 Å². The van der Waals surface area contributed by atoms with Crippen LogP contribution in [0.4, 0.5) is 0 Å². The van der Waals surface area contributed by atoms with E-state index in [1.807, 2.05) is 0 Å². The Bertz CT molecular complexity index is 346. The van der Waals surface area contributed by atoms with Crippen LogP contribution in [0.25, 0.3) is 0 Å². The standard InChI is InChI=1S/C10H10ClNO2/c1-7(10(13)14)12-6-8-2-4-9(11)5-3-8/h2-7H,1H3,(H,13,14)/p-1. The Hall–Kier alpha value is -1.35. The van der Waals surface area contributed by atoms with Crippen LogP contribution in [0.5, 0.6) is 0 Å². The molecule has 1 aromatic carbocycles. The number of carbonyl (C=O) groups excluding carboxylic acids is 1. The Balaban J connectivity index is 2.69. The molecule has 1 rings (SSSR count). The molecule has 0 amide bonds. The van der Waals surface area contributed by atoms with Crippen molar-refractivity contribution in [3.8, 4) is 0 Å². The molecule has 0 aliphatic rings. The van der Waals surface area contributed by atoms with Crippen molar-refractivity contribution in [1.82, 2.24) is 0 Å². The van der Waals surface area contributed by atoms with Crippen LogP contribution in [0.15, 0.2) is 29.3 Å². The summed E-state index contributed by atoms with van der Waals surface area (Å²) in [4.78, 5) is 14.1. The molecule has 1 atom stereocenters. The van der Waals surface area contributed by atoms with Crippen molar-refractivity contribution in [2.75, 3.05) is 0 Å². The SMILES string of the molecule is CC(N=Cc1ccc(Cl)cc1)C(=O)[O-]. The number of hydrogen-bond donors (Lipinski definition) is 0. The minimum atomic E-state index is -1.18. The third kappa shape index (κ3) is 3.18. The molecule has 0 heterocycles. The van der Waals surface area contributed by atoms with Gasteiger partial charge in [-0.05, 0) is 24.6 Å². The first-order chi connectivity index (χ1) is 6.59. The minimum Gasteiger partial charge on any atom is -0.548 e. The Morgan fingerprint density at radius 2 is 2.07 bits per heavy atom. The molecule has 0 spiro atoms. The number of nitrogens with zero attached hydrogens (tertiary/aromatic N) is 1. The molecule has 0 radical (unpaired) electrons. The number of aliphatic carboxylic acids is 1. The lowest BCUT2D eigenvalue weighted by Crippen LogP contribution is -2.32. The lowest BCUT2D eigenvalue weighted by Gasteiger charge is -2.05. The fourth-order valence-electron chi connectivity index (χ4n) is 0.808. The summed E-state index contributed by atoms with van der Waals surface area (Å²) in [6.45, 7) is 1.46. The Morgan fingerprint density at radius 1 is 1.50 bits per heavy atom. The number of carboxylic acid groups (broad SMARTS) is 1. The second-order valence-electron chi connectivity index (χ2n) is 2.82. The summed E-state index contributed by atoms with van der Waals surface area (Å²) in [5.41, 5.74) is 0.808. The second-order valence-corrected chi connectivity index (χ2v) is 3.26. The van der Waals surface area contributed by atoms with E-state index in [1.54, 1.807) is 24.3 Å². The van der Waals surface area contributed by atoms with Gasteiger partial charge in [-0.25, -0.2) is 0 Å². The summed E-state index contributed by atoms with van der Waals surface area (Å²) < 4.78 is 0. The van der Waals surface area contributed by atoms with Gasteiger partial charge in [-0.2, -0.15) is 0 Å². The number of halogens is 1. The van der Waals surface area contributed by atoms with Crippen LogP contribution >= 0.6 is 11.6 Å². The first kappa shape index (κ1) is 10.7. The van der Waals surface area contributed by atoms with Crippen molar-refractivity contribution in [2.45, 2.75) is 13.0 Å². The topological polar surface area (TPSA) is 52.5 Å². The fraction of sp³-hybridized carbons (Fsp3) is 0.200. The first-order valence-electron chi connectivity index (χ1n) is 4.09. The molecule has 4 heteroatoms. The summed E-state index contributed by atoms with van der Waals surface area (Å²) in [5, 5.41) is 11.0. The van der Waals surface area contributed by atoms with Crippen LogP contribution in [-0.4, -0.2) is 18.2 Å². The molecular formula is C10H9ClNO2-. The monoisotopic (exact) mass is 210 g/mol. The lowest BCUT2D eigenvalue weighted by atomic mass is 10.2. The third-order valence-corrected chi connectivity index (χ3v) is 1.91. The predicted molar refractivity (Wildman–Crippen MR) is 53.5 cm³/mol. The van der Waals surface area contributed by atoms with E-state index in [4.69, 9.17) is 11.6 Å². The molecule has 0 saturated heterocycles. The van der Waals surface area contributed by atoms with E-state index in [9.17, 15) is 9.90 Å². The van der Waals surface area contributed by atoms with Gasteiger partial charge in [0.2, 0.25) is 0 Å². The molecule has 0 bridgehead atoms. The molecule has 0 fully saturated rings. The minimum absolute atomic E-state index is 0.634. The van der Waals surface area contributed by atoms with Crippen molar-refractivity contribution < 1.29 is 9.90 Å². The predicted octanol–water partition coefficient (Wildman–Crippen LogP) is 0.897. The molecule has 0 N–H and O–H groups in total. The average molecular weight is 211 g/mol. The van der Waals surface area contributed by atoms with E-state index in [-0.39, 0.29) is 0 Å². The van der Waals surface area contributed by atoms with Crippen molar-refractivity contribution >= 4 is 23.8 Å². The molecule has 3 nitrogen and oxygen atoms in total. The van der Waals surface area contributed by atoms with Gasteiger partial charge in [0.1, 0.15) is 0 Å².